The first-order valence-corrected chi connectivity index (χ1v) is 10.2. The molecule has 0 unspecified atom stereocenters. The van der Waals surface area contributed by atoms with Gasteiger partial charge < -0.3 is 5.73 Å². The molecule has 0 bridgehead atoms. The van der Waals surface area contributed by atoms with Crippen LogP contribution in [0.15, 0.2) is 73.2 Å². The zero-order valence-corrected chi connectivity index (χ0v) is 17.3. The third kappa shape index (κ3) is 3.71. The van der Waals surface area contributed by atoms with E-state index in [1.165, 1.54) is 12.1 Å². The molecule has 160 valence electrons. The smallest absolute Gasteiger partial charge is 0.240 e. The molecule has 0 saturated heterocycles. The zero-order chi connectivity index (χ0) is 22.2. The van der Waals surface area contributed by atoms with Crippen LogP contribution >= 0.6 is 0 Å². The molecule has 0 radical (unpaired) electrons. The van der Waals surface area contributed by atoms with Crippen molar-refractivity contribution in [3.05, 3.63) is 90.4 Å². The zero-order valence-electron chi connectivity index (χ0n) is 17.3. The summed E-state index contributed by atoms with van der Waals surface area (Å²) in [6, 6.07) is 15.3. The lowest BCUT2D eigenvalue weighted by Crippen LogP contribution is -2.08. The number of halogens is 2. The van der Waals surface area contributed by atoms with E-state index in [0.717, 1.165) is 5.56 Å². The second kappa shape index (κ2) is 7.88. The predicted octanol–water partition coefficient (Wildman–Crippen LogP) is 4.92. The Kier molecular flexibility index (Phi) is 4.89. The largest absolute Gasteiger partial charge is 0.366 e. The van der Waals surface area contributed by atoms with Crippen LogP contribution in [0, 0.1) is 11.6 Å². The molecule has 5 rings (SSSR count). The third-order valence-corrected chi connectivity index (χ3v) is 5.47. The molecule has 3 heterocycles. The minimum absolute atomic E-state index is 0.0289. The summed E-state index contributed by atoms with van der Waals surface area (Å²) in [5, 5.41) is 8.48. The van der Waals surface area contributed by atoms with Crippen LogP contribution in [-0.2, 0) is 6.42 Å². The molecule has 8 heteroatoms. The van der Waals surface area contributed by atoms with Crippen molar-refractivity contribution in [1.82, 2.24) is 24.4 Å². The Bertz CT molecular complexity index is 1400. The molecule has 0 aliphatic carbocycles. The number of fused-ring (bicyclic) bond motifs is 1. The van der Waals surface area contributed by atoms with E-state index in [0.29, 0.717) is 34.3 Å². The second-order valence-electron chi connectivity index (χ2n) is 7.74. The van der Waals surface area contributed by atoms with Crippen molar-refractivity contribution in [1.29, 1.82) is 0 Å². The van der Waals surface area contributed by atoms with Crippen molar-refractivity contribution in [2.45, 2.75) is 19.4 Å². The van der Waals surface area contributed by atoms with Crippen LogP contribution in [-0.4, -0.2) is 24.4 Å². The van der Waals surface area contributed by atoms with Gasteiger partial charge in [-0.3, -0.25) is 4.68 Å². The number of hydrogen-bond donors (Lipinski definition) is 1. The number of nitrogen functional groups attached to an aromatic ring is 1. The SMILES string of the molecule is C[C@H](Cc1ccc(F)cc1)n1cc(-c2cccc(-c3ccn4nc(N)nc4c3)c2F)cn1. The fourth-order valence-corrected chi connectivity index (χ4v) is 3.82. The predicted molar refractivity (Wildman–Crippen MR) is 119 cm³/mol. The Morgan fingerprint density at radius 2 is 1.75 bits per heavy atom. The quantitative estimate of drug-likeness (QED) is 0.429. The van der Waals surface area contributed by atoms with Gasteiger partial charge in [0.1, 0.15) is 11.6 Å². The van der Waals surface area contributed by atoms with Gasteiger partial charge in [0, 0.05) is 29.1 Å². The van der Waals surface area contributed by atoms with Gasteiger partial charge in [0.05, 0.1) is 12.2 Å². The lowest BCUT2D eigenvalue weighted by Gasteiger charge is -2.12. The van der Waals surface area contributed by atoms with Crippen LogP contribution in [0.4, 0.5) is 14.7 Å². The minimum atomic E-state index is -0.338. The van der Waals surface area contributed by atoms with Gasteiger partial charge in [-0.15, -0.1) is 5.10 Å². The molecule has 2 aromatic carbocycles. The number of hydrogen-bond acceptors (Lipinski definition) is 4. The van der Waals surface area contributed by atoms with Crippen molar-refractivity contribution < 1.29 is 8.78 Å². The van der Waals surface area contributed by atoms with E-state index in [9.17, 15) is 4.39 Å². The second-order valence-corrected chi connectivity index (χ2v) is 7.74. The highest BCUT2D eigenvalue weighted by molar-refractivity contribution is 5.75. The average Bonchev–Trinajstić information content (AvgIpc) is 3.41. The highest BCUT2D eigenvalue weighted by Crippen LogP contribution is 2.31. The first-order valence-electron chi connectivity index (χ1n) is 10.2. The summed E-state index contributed by atoms with van der Waals surface area (Å²) < 4.78 is 32.0. The normalized spacial score (nSPS) is 12.3. The molecule has 0 aliphatic rings. The van der Waals surface area contributed by atoms with Crippen molar-refractivity contribution >= 4 is 11.6 Å². The summed E-state index contributed by atoms with van der Waals surface area (Å²) in [5.41, 5.74) is 9.49. The average molecular weight is 430 g/mol. The standard InChI is InChI=1S/C24H20F2N6/c1-15(11-16-5-7-19(25)8-6-16)32-14-18(13-28-32)21-4-2-3-20(23(21)26)17-9-10-31-22(12-17)29-24(27)30-31/h2-10,12-15H,11H2,1H3,(H2,27,30)/t15-/m1/s1. The van der Waals surface area contributed by atoms with E-state index >= 15 is 4.39 Å². The van der Waals surface area contributed by atoms with Gasteiger partial charge >= 0.3 is 0 Å². The number of rotatable bonds is 5. The number of pyridine rings is 1. The van der Waals surface area contributed by atoms with Gasteiger partial charge in [-0.05, 0) is 48.7 Å². The number of anilines is 1. The topological polar surface area (TPSA) is 74.0 Å². The molecule has 0 saturated carbocycles. The first kappa shape index (κ1) is 19.9. The Hall–Kier alpha value is -4.07. The summed E-state index contributed by atoms with van der Waals surface area (Å²) in [6.45, 7) is 2.02. The number of nitrogens with two attached hydrogens (primary N) is 1. The Morgan fingerprint density at radius 3 is 2.53 bits per heavy atom. The van der Waals surface area contributed by atoms with Crippen molar-refractivity contribution in [2.75, 3.05) is 5.73 Å². The molecule has 32 heavy (non-hydrogen) atoms. The van der Waals surface area contributed by atoms with E-state index in [2.05, 4.69) is 15.2 Å². The summed E-state index contributed by atoms with van der Waals surface area (Å²) in [4.78, 5) is 4.14. The Morgan fingerprint density at radius 1 is 1.00 bits per heavy atom. The molecular formula is C24H20F2N6. The highest BCUT2D eigenvalue weighted by Gasteiger charge is 2.15. The monoisotopic (exact) mass is 430 g/mol. The van der Waals surface area contributed by atoms with E-state index in [4.69, 9.17) is 5.73 Å². The lowest BCUT2D eigenvalue weighted by molar-refractivity contribution is 0.488. The van der Waals surface area contributed by atoms with Crippen molar-refractivity contribution in [3.63, 3.8) is 0 Å². The summed E-state index contributed by atoms with van der Waals surface area (Å²) in [7, 11) is 0. The summed E-state index contributed by atoms with van der Waals surface area (Å²) in [5.74, 6) is -0.432. The van der Waals surface area contributed by atoms with Gasteiger partial charge in [0.15, 0.2) is 5.65 Å². The van der Waals surface area contributed by atoms with Crippen LogP contribution in [0.2, 0.25) is 0 Å². The van der Waals surface area contributed by atoms with E-state index in [1.807, 2.05) is 19.2 Å². The first-order chi connectivity index (χ1) is 15.5. The molecule has 0 aliphatic heterocycles. The van der Waals surface area contributed by atoms with Crippen LogP contribution in [0.25, 0.3) is 27.9 Å². The van der Waals surface area contributed by atoms with E-state index in [-0.39, 0.29) is 23.6 Å². The van der Waals surface area contributed by atoms with E-state index in [1.54, 1.807) is 58.0 Å². The van der Waals surface area contributed by atoms with Gasteiger partial charge in [0.25, 0.3) is 0 Å². The van der Waals surface area contributed by atoms with Crippen LogP contribution in [0.5, 0.6) is 0 Å². The maximum absolute atomic E-state index is 15.5. The summed E-state index contributed by atoms with van der Waals surface area (Å²) in [6.07, 6.45) is 5.88. The Balaban J connectivity index is 1.44. The van der Waals surface area contributed by atoms with Crippen LogP contribution in [0.1, 0.15) is 18.5 Å². The van der Waals surface area contributed by atoms with Gasteiger partial charge in [-0.1, -0.05) is 30.3 Å². The minimum Gasteiger partial charge on any atom is -0.366 e. The van der Waals surface area contributed by atoms with Crippen LogP contribution < -0.4 is 5.73 Å². The van der Waals surface area contributed by atoms with Gasteiger partial charge in [-0.2, -0.15) is 10.1 Å². The van der Waals surface area contributed by atoms with Gasteiger partial charge in [-0.25, -0.2) is 13.3 Å². The van der Waals surface area contributed by atoms with E-state index < -0.39 is 0 Å². The molecule has 5 aromatic rings. The lowest BCUT2D eigenvalue weighted by atomic mass is 10.0. The Labute approximate surface area is 183 Å². The fraction of sp³-hybridized carbons (Fsp3) is 0.125. The molecule has 0 amide bonds. The number of benzene rings is 2. The molecule has 0 fully saturated rings. The molecule has 6 nitrogen and oxygen atoms in total. The van der Waals surface area contributed by atoms with Crippen LogP contribution in [0.3, 0.4) is 0 Å². The fourth-order valence-electron chi connectivity index (χ4n) is 3.82. The number of nitrogens with zero attached hydrogens (tertiary/aromatic N) is 5. The van der Waals surface area contributed by atoms with Gasteiger partial charge in [0.2, 0.25) is 5.95 Å². The highest BCUT2D eigenvalue weighted by atomic mass is 19.1. The molecular weight excluding hydrogens is 410 g/mol. The molecule has 1 atom stereocenters. The van der Waals surface area contributed by atoms with Crippen molar-refractivity contribution in [2.24, 2.45) is 0 Å². The molecule has 3 aromatic heterocycles. The van der Waals surface area contributed by atoms with Crippen molar-refractivity contribution in [3.8, 4) is 22.3 Å². The summed E-state index contributed by atoms with van der Waals surface area (Å²) >= 11 is 0. The third-order valence-electron chi connectivity index (χ3n) is 5.47. The molecule has 0 spiro atoms. The maximum atomic E-state index is 15.5. The maximum Gasteiger partial charge on any atom is 0.240 e. The molecule has 2 N–H and O–H groups in total. The number of aromatic nitrogens is 5.